The molecule has 5 nitrogen and oxygen atoms in total. The molecule has 1 aliphatic carbocycles. The fourth-order valence-corrected chi connectivity index (χ4v) is 2.56. The number of nitrogens with zero attached hydrogens (tertiary/aromatic N) is 2. The smallest absolute Gasteiger partial charge is 0.381 e. The van der Waals surface area contributed by atoms with Crippen LogP contribution in [0.2, 0.25) is 0 Å². The van der Waals surface area contributed by atoms with E-state index in [0.717, 1.165) is 35.7 Å². The second-order valence-electron chi connectivity index (χ2n) is 5.35. The molecule has 9 heteroatoms. The van der Waals surface area contributed by atoms with Gasteiger partial charge in [0.1, 0.15) is 5.01 Å². The fourth-order valence-electron chi connectivity index (χ4n) is 1.82. The maximum absolute atomic E-state index is 12.5. The summed E-state index contributed by atoms with van der Waals surface area (Å²) in [6, 6.07) is 0. The third-order valence-electron chi connectivity index (χ3n) is 3.28. The Kier molecular flexibility index (Phi) is 6.64. The van der Waals surface area contributed by atoms with Crippen LogP contribution in [-0.2, 0) is 17.5 Å². The highest BCUT2D eigenvalue weighted by atomic mass is 32.1. The van der Waals surface area contributed by atoms with Crippen LogP contribution < -0.4 is 10.6 Å². The summed E-state index contributed by atoms with van der Waals surface area (Å²) in [5.41, 5.74) is -0.852. The van der Waals surface area contributed by atoms with Crippen molar-refractivity contribution in [1.82, 2.24) is 15.6 Å². The minimum Gasteiger partial charge on any atom is -0.381 e. The molecule has 1 saturated carbocycles. The fraction of sp³-hybridized carbons (Fsp3) is 0.714. The summed E-state index contributed by atoms with van der Waals surface area (Å²) in [6.45, 7) is 2.44. The number of nitrogens with one attached hydrogen (secondary N) is 2. The normalized spacial score (nSPS) is 15.7. The van der Waals surface area contributed by atoms with Crippen LogP contribution in [0.1, 0.15) is 30.0 Å². The zero-order chi connectivity index (χ0) is 16.7. The van der Waals surface area contributed by atoms with E-state index in [1.807, 2.05) is 0 Å². The highest BCUT2D eigenvalue weighted by Gasteiger charge is 2.33. The number of alkyl halides is 3. The van der Waals surface area contributed by atoms with E-state index in [0.29, 0.717) is 24.1 Å². The number of hydrogen-bond acceptors (Lipinski definition) is 4. The lowest BCUT2D eigenvalue weighted by molar-refractivity contribution is -0.140. The Bertz CT molecular complexity index is 514. The Morgan fingerprint density at radius 1 is 1.43 bits per heavy atom. The number of aliphatic imine (C=N–C) groups is 1. The van der Waals surface area contributed by atoms with Crippen molar-refractivity contribution in [1.29, 1.82) is 0 Å². The summed E-state index contributed by atoms with van der Waals surface area (Å²) in [5, 5.41) is 7.43. The Morgan fingerprint density at radius 3 is 2.83 bits per heavy atom. The van der Waals surface area contributed by atoms with Crippen molar-refractivity contribution < 1.29 is 17.9 Å². The first-order valence-electron chi connectivity index (χ1n) is 7.53. The molecule has 1 heterocycles. The van der Waals surface area contributed by atoms with E-state index in [-0.39, 0.29) is 6.54 Å². The highest BCUT2D eigenvalue weighted by Crippen LogP contribution is 2.30. The van der Waals surface area contributed by atoms with E-state index in [4.69, 9.17) is 4.74 Å². The van der Waals surface area contributed by atoms with Crippen LogP contribution in [0.4, 0.5) is 13.2 Å². The number of thiazole rings is 1. The first-order valence-corrected chi connectivity index (χ1v) is 8.41. The van der Waals surface area contributed by atoms with Gasteiger partial charge in [-0.15, -0.1) is 11.3 Å². The average Bonchev–Trinajstić information content (AvgIpc) is 3.19. The summed E-state index contributed by atoms with van der Waals surface area (Å²) >= 11 is 0.976. The molecule has 130 valence electrons. The maximum Gasteiger partial charge on any atom is 0.434 e. The minimum absolute atomic E-state index is 0.207. The summed E-state index contributed by atoms with van der Waals surface area (Å²) in [4.78, 5) is 7.58. The summed E-state index contributed by atoms with van der Waals surface area (Å²) in [7, 11) is 1.61. The van der Waals surface area contributed by atoms with E-state index in [9.17, 15) is 13.2 Å². The lowest BCUT2D eigenvalue weighted by Crippen LogP contribution is -2.37. The van der Waals surface area contributed by atoms with Crippen LogP contribution >= 0.6 is 11.3 Å². The van der Waals surface area contributed by atoms with Crippen molar-refractivity contribution in [3.63, 3.8) is 0 Å². The van der Waals surface area contributed by atoms with E-state index in [1.54, 1.807) is 7.05 Å². The molecular formula is C14H21F3N4OS. The van der Waals surface area contributed by atoms with Gasteiger partial charge in [-0.2, -0.15) is 13.2 Å². The zero-order valence-corrected chi connectivity index (χ0v) is 13.8. The van der Waals surface area contributed by atoms with Gasteiger partial charge in [-0.1, -0.05) is 0 Å². The second kappa shape index (κ2) is 8.49. The molecule has 23 heavy (non-hydrogen) atoms. The van der Waals surface area contributed by atoms with Crippen LogP contribution in [0.5, 0.6) is 0 Å². The van der Waals surface area contributed by atoms with Crippen molar-refractivity contribution >= 4 is 17.3 Å². The van der Waals surface area contributed by atoms with Gasteiger partial charge in [0.2, 0.25) is 0 Å². The molecule has 2 rings (SSSR count). The summed E-state index contributed by atoms with van der Waals surface area (Å²) in [6.07, 6.45) is -0.985. The SMILES string of the molecule is CN=C(NCCCOCC1CC1)NCc1nc(C(F)(F)F)cs1. The number of rotatable bonds is 8. The van der Waals surface area contributed by atoms with Crippen molar-refractivity contribution in [2.24, 2.45) is 10.9 Å². The molecule has 0 aromatic carbocycles. The van der Waals surface area contributed by atoms with Crippen LogP contribution in [-0.4, -0.2) is 37.7 Å². The van der Waals surface area contributed by atoms with Crippen molar-refractivity contribution in [3.8, 4) is 0 Å². The first kappa shape index (κ1) is 18.0. The van der Waals surface area contributed by atoms with Crippen LogP contribution in [0, 0.1) is 5.92 Å². The van der Waals surface area contributed by atoms with Gasteiger partial charge in [-0.05, 0) is 25.2 Å². The van der Waals surface area contributed by atoms with Gasteiger partial charge in [0.25, 0.3) is 0 Å². The standard InChI is InChI=1S/C14H21F3N4OS/c1-18-13(19-5-2-6-22-8-10-3-4-10)20-7-12-21-11(9-23-12)14(15,16)17/h9-10H,2-8H2,1H3,(H2,18,19,20). The number of aromatic nitrogens is 1. The number of guanidine groups is 1. The monoisotopic (exact) mass is 350 g/mol. The molecule has 1 aliphatic rings. The third-order valence-corrected chi connectivity index (χ3v) is 4.13. The lowest BCUT2D eigenvalue weighted by Gasteiger charge is -2.11. The average molecular weight is 350 g/mol. The predicted octanol–water partition coefficient (Wildman–Crippen LogP) is 2.64. The predicted molar refractivity (Wildman–Crippen MR) is 83.5 cm³/mol. The topological polar surface area (TPSA) is 58.5 Å². The van der Waals surface area contributed by atoms with Gasteiger partial charge in [0, 0.05) is 32.2 Å². The molecule has 1 aromatic rings. The largest absolute Gasteiger partial charge is 0.434 e. The molecular weight excluding hydrogens is 329 g/mol. The number of hydrogen-bond donors (Lipinski definition) is 2. The van der Waals surface area contributed by atoms with Gasteiger partial charge in [-0.25, -0.2) is 4.98 Å². The molecule has 1 aromatic heterocycles. The van der Waals surface area contributed by atoms with Crippen LogP contribution in [0.3, 0.4) is 0 Å². The summed E-state index contributed by atoms with van der Waals surface area (Å²) in [5.74, 6) is 1.30. The molecule has 0 bridgehead atoms. The Hall–Kier alpha value is -1.35. The van der Waals surface area contributed by atoms with Gasteiger partial charge in [0.05, 0.1) is 6.54 Å². The molecule has 0 unspecified atom stereocenters. The first-order chi connectivity index (χ1) is 11.0. The Morgan fingerprint density at radius 2 is 2.22 bits per heavy atom. The van der Waals surface area contributed by atoms with E-state index >= 15 is 0 Å². The van der Waals surface area contributed by atoms with Crippen LogP contribution in [0.25, 0.3) is 0 Å². The molecule has 2 N–H and O–H groups in total. The summed E-state index contributed by atoms with van der Waals surface area (Å²) < 4.78 is 42.9. The highest BCUT2D eigenvalue weighted by molar-refractivity contribution is 7.09. The third kappa shape index (κ3) is 6.74. The minimum atomic E-state index is -4.39. The number of halogens is 3. The van der Waals surface area contributed by atoms with Crippen LogP contribution in [0.15, 0.2) is 10.4 Å². The quantitative estimate of drug-likeness (QED) is 0.430. The van der Waals surface area contributed by atoms with Gasteiger partial charge in [-0.3, -0.25) is 4.99 Å². The lowest BCUT2D eigenvalue weighted by atomic mass is 10.4. The molecule has 0 atom stereocenters. The van der Waals surface area contributed by atoms with Gasteiger partial charge in [0.15, 0.2) is 11.7 Å². The molecule has 0 radical (unpaired) electrons. The Balaban J connectivity index is 1.61. The van der Waals surface area contributed by atoms with Gasteiger partial charge >= 0.3 is 6.18 Å². The van der Waals surface area contributed by atoms with E-state index < -0.39 is 11.9 Å². The van der Waals surface area contributed by atoms with Crippen molar-refractivity contribution in [3.05, 3.63) is 16.1 Å². The van der Waals surface area contributed by atoms with E-state index in [1.165, 1.54) is 12.8 Å². The zero-order valence-electron chi connectivity index (χ0n) is 12.9. The number of ether oxygens (including phenoxy) is 1. The molecule has 0 amide bonds. The Labute approximate surface area is 137 Å². The molecule has 0 saturated heterocycles. The molecule has 0 spiro atoms. The molecule has 0 aliphatic heterocycles. The maximum atomic E-state index is 12.5. The second-order valence-corrected chi connectivity index (χ2v) is 6.29. The van der Waals surface area contributed by atoms with Gasteiger partial charge < -0.3 is 15.4 Å². The van der Waals surface area contributed by atoms with Crippen molar-refractivity contribution in [2.75, 3.05) is 26.8 Å². The molecule has 1 fully saturated rings. The van der Waals surface area contributed by atoms with E-state index in [2.05, 4.69) is 20.6 Å². The van der Waals surface area contributed by atoms with Crippen molar-refractivity contribution in [2.45, 2.75) is 32.0 Å².